The predicted molar refractivity (Wildman–Crippen MR) is 78.1 cm³/mol. The van der Waals surface area contributed by atoms with Crippen LogP contribution in [0.25, 0.3) is 0 Å². The molecule has 1 aromatic carbocycles. The van der Waals surface area contributed by atoms with E-state index in [1.807, 2.05) is 0 Å². The third kappa shape index (κ3) is 3.79. The van der Waals surface area contributed by atoms with Gasteiger partial charge in [-0.2, -0.15) is 5.10 Å². The molecule has 0 aliphatic carbocycles. The number of hydrogen-bond acceptors (Lipinski definition) is 4. The summed E-state index contributed by atoms with van der Waals surface area (Å²) < 4.78 is 41.8. The van der Waals surface area contributed by atoms with Crippen LogP contribution in [0.5, 0.6) is 0 Å². The van der Waals surface area contributed by atoms with Crippen LogP contribution in [0, 0.1) is 12.7 Å². The number of halogens is 1. The van der Waals surface area contributed by atoms with E-state index >= 15 is 0 Å². The molecule has 0 fully saturated rings. The van der Waals surface area contributed by atoms with Gasteiger partial charge in [0, 0.05) is 12.7 Å². The highest BCUT2D eigenvalue weighted by molar-refractivity contribution is 7.92. The third-order valence-electron chi connectivity index (χ3n) is 2.88. The predicted octanol–water partition coefficient (Wildman–Crippen LogP) is 1.35. The molecule has 1 aromatic heterocycles. The molecular weight excluding hydrogens is 295 g/mol. The van der Waals surface area contributed by atoms with Crippen LogP contribution in [-0.2, 0) is 16.6 Å². The van der Waals surface area contributed by atoms with Crippen molar-refractivity contribution in [2.75, 3.05) is 18.3 Å². The molecule has 8 heteroatoms. The van der Waals surface area contributed by atoms with Gasteiger partial charge in [-0.05, 0) is 31.7 Å². The highest BCUT2D eigenvalue weighted by Gasteiger charge is 2.18. The second kappa shape index (κ2) is 6.23. The van der Waals surface area contributed by atoms with E-state index in [1.54, 1.807) is 20.0 Å². The molecule has 0 unspecified atom stereocenters. The van der Waals surface area contributed by atoms with Gasteiger partial charge in [0.25, 0.3) is 10.0 Å². The fraction of sp³-hybridized carbons (Fsp3) is 0.308. The van der Waals surface area contributed by atoms with Gasteiger partial charge in [-0.1, -0.05) is 6.07 Å². The standard InChI is InChI=1S/C13H17FN4O2S/c1-10-3-4-12(14)13(7-10)17-21(19,20)11-8-16-18(9-11)6-5-15-2/h3-4,7-9,15,17H,5-6H2,1-2H3. The summed E-state index contributed by atoms with van der Waals surface area (Å²) in [7, 11) is -2.06. The summed E-state index contributed by atoms with van der Waals surface area (Å²) in [6.07, 6.45) is 2.65. The number of aryl methyl sites for hydroxylation is 1. The fourth-order valence-corrected chi connectivity index (χ4v) is 2.76. The van der Waals surface area contributed by atoms with E-state index in [9.17, 15) is 12.8 Å². The van der Waals surface area contributed by atoms with Crippen molar-refractivity contribution < 1.29 is 12.8 Å². The Morgan fingerprint density at radius 1 is 1.38 bits per heavy atom. The molecule has 2 aromatic rings. The summed E-state index contributed by atoms with van der Waals surface area (Å²) >= 11 is 0. The number of anilines is 1. The average Bonchev–Trinajstić information content (AvgIpc) is 2.90. The van der Waals surface area contributed by atoms with Crippen molar-refractivity contribution in [1.82, 2.24) is 15.1 Å². The van der Waals surface area contributed by atoms with Crippen LogP contribution < -0.4 is 10.0 Å². The van der Waals surface area contributed by atoms with Gasteiger partial charge in [-0.3, -0.25) is 9.40 Å². The molecule has 0 aliphatic rings. The van der Waals surface area contributed by atoms with Crippen molar-refractivity contribution in [3.8, 4) is 0 Å². The highest BCUT2D eigenvalue weighted by Crippen LogP contribution is 2.20. The molecule has 6 nitrogen and oxygen atoms in total. The second-order valence-corrected chi connectivity index (χ2v) is 6.31. The van der Waals surface area contributed by atoms with Crippen LogP contribution in [0.15, 0.2) is 35.5 Å². The van der Waals surface area contributed by atoms with Crippen LogP contribution in [0.3, 0.4) is 0 Å². The Labute approximate surface area is 123 Å². The molecule has 114 valence electrons. The maximum atomic E-state index is 13.6. The molecule has 0 spiro atoms. The first kappa shape index (κ1) is 15.5. The number of aromatic nitrogens is 2. The molecule has 2 rings (SSSR count). The molecule has 21 heavy (non-hydrogen) atoms. The van der Waals surface area contributed by atoms with Crippen LogP contribution >= 0.6 is 0 Å². The van der Waals surface area contributed by atoms with Crippen molar-refractivity contribution in [3.63, 3.8) is 0 Å². The fourth-order valence-electron chi connectivity index (χ4n) is 1.75. The lowest BCUT2D eigenvalue weighted by molar-refractivity contribution is 0.582. The number of nitrogens with one attached hydrogen (secondary N) is 2. The Balaban J connectivity index is 2.22. The Morgan fingerprint density at radius 2 is 2.14 bits per heavy atom. The number of likely N-dealkylation sites (N-methyl/N-ethyl adjacent to an activating group) is 1. The third-order valence-corrected chi connectivity index (χ3v) is 4.20. The van der Waals surface area contributed by atoms with E-state index in [2.05, 4.69) is 15.1 Å². The van der Waals surface area contributed by atoms with Gasteiger partial charge in [0.2, 0.25) is 0 Å². The minimum Gasteiger partial charge on any atom is -0.318 e. The van der Waals surface area contributed by atoms with Crippen molar-refractivity contribution >= 4 is 15.7 Å². The lowest BCUT2D eigenvalue weighted by Crippen LogP contribution is -2.15. The van der Waals surface area contributed by atoms with E-state index < -0.39 is 15.8 Å². The Hall–Kier alpha value is -1.93. The van der Waals surface area contributed by atoms with Crippen LogP contribution in [0.1, 0.15) is 5.56 Å². The van der Waals surface area contributed by atoms with Crippen molar-refractivity contribution in [2.45, 2.75) is 18.4 Å². The maximum absolute atomic E-state index is 13.6. The number of nitrogens with zero attached hydrogens (tertiary/aromatic N) is 2. The minimum absolute atomic E-state index is 0.000454. The van der Waals surface area contributed by atoms with Crippen LogP contribution in [-0.4, -0.2) is 31.8 Å². The van der Waals surface area contributed by atoms with Gasteiger partial charge < -0.3 is 5.32 Å². The van der Waals surface area contributed by atoms with Crippen LogP contribution in [0.4, 0.5) is 10.1 Å². The summed E-state index contributed by atoms with van der Waals surface area (Å²) in [5.74, 6) is -0.619. The smallest absolute Gasteiger partial charge is 0.265 e. The number of benzene rings is 1. The molecule has 0 amide bonds. The normalized spacial score (nSPS) is 11.6. The van der Waals surface area contributed by atoms with Gasteiger partial charge >= 0.3 is 0 Å². The molecule has 2 N–H and O–H groups in total. The Bertz CT molecular complexity index is 728. The van der Waals surface area contributed by atoms with E-state index in [0.717, 1.165) is 5.56 Å². The largest absolute Gasteiger partial charge is 0.318 e. The summed E-state index contributed by atoms with van der Waals surface area (Å²) in [5, 5.41) is 6.91. The van der Waals surface area contributed by atoms with Gasteiger partial charge in [0.05, 0.1) is 18.4 Å². The number of hydrogen-bond donors (Lipinski definition) is 2. The molecule has 0 aliphatic heterocycles. The number of rotatable bonds is 6. The summed E-state index contributed by atoms with van der Waals surface area (Å²) in [6, 6.07) is 4.24. The van der Waals surface area contributed by atoms with E-state index in [1.165, 1.54) is 29.2 Å². The first-order chi connectivity index (χ1) is 9.92. The Morgan fingerprint density at radius 3 is 2.86 bits per heavy atom. The van der Waals surface area contributed by atoms with E-state index in [-0.39, 0.29) is 10.6 Å². The molecule has 0 saturated carbocycles. The zero-order valence-electron chi connectivity index (χ0n) is 11.8. The monoisotopic (exact) mass is 312 g/mol. The molecule has 0 bridgehead atoms. The molecular formula is C13H17FN4O2S. The zero-order chi connectivity index (χ0) is 15.5. The quantitative estimate of drug-likeness (QED) is 0.844. The first-order valence-corrected chi connectivity index (χ1v) is 7.87. The number of sulfonamides is 1. The Kier molecular flexibility index (Phi) is 4.59. The van der Waals surface area contributed by atoms with Gasteiger partial charge in [-0.15, -0.1) is 0 Å². The highest BCUT2D eigenvalue weighted by atomic mass is 32.2. The van der Waals surface area contributed by atoms with Crippen molar-refractivity contribution in [1.29, 1.82) is 0 Å². The summed E-state index contributed by atoms with van der Waals surface area (Å²) in [4.78, 5) is -0.000454. The molecule has 0 saturated heterocycles. The zero-order valence-corrected chi connectivity index (χ0v) is 12.6. The first-order valence-electron chi connectivity index (χ1n) is 6.38. The average molecular weight is 312 g/mol. The SMILES string of the molecule is CNCCn1cc(S(=O)(=O)Nc2cc(C)ccc2F)cn1. The summed E-state index contributed by atoms with van der Waals surface area (Å²) in [6.45, 7) is 2.97. The second-order valence-electron chi connectivity index (χ2n) is 4.63. The topological polar surface area (TPSA) is 76.0 Å². The molecule has 0 atom stereocenters. The summed E-state index contributed by atoms with van der Waals surface area (Å²) in [5.41, 5.74) is 0.691. The van der Waals surface area contributed by atoms with E-state index in [0.29, 0.717) is 13.1 Å². The van der Waals surface area contributed by atoms with E-state index in [4.69, 9.17) is 0 Å². The molecule has 0 radical (unpaired) electrons. The van der Waals surface area contributed by atoms with Gasteiger partial charge in [0.1, 0.15) is 10.7 Å². The van der Waals surface area contributed by atoms with Crippen molar-refractivity contribution in [3.05, 3.63) is 42.0 Å². The lowest BCUT2D eigenvalue weighted by Gasteiger charge is -2.08. The van der Waals surface area contributed by atoms with Crippen LogP contribution in [0.2, 0.25) is 0 Å². The molecule has 1 heterocycles. The maximum Gasteiger partial charge on any atom is 0.265 e. The van der Waals surface area contributed by atoms with Crippen molar-refractivity contribution in [2.24, 2.45) is 0 Å². The van der Waals surface area contributed by atoms with Gasteiger partial charge in [-0.25, -0.2) is 12.8 Å². The minimum atomic E-state index is -3.85. The van der Waals surface area contributed by atoms with Gasteiger partial charge in [0.15, 0.2) is 0 Å². The lowest BCUT2D eigenvalue weighted by atomic mass is 10.2.